The molecule has 3 unspecified atom stereocenters. The maximum Gasteiger partial charge on any atom is 0.303 e. The molecule has 1 heterocycles. The van der Waals surface area contributed by atoms with Crippen LogP contribution < -0.4 is 5.73 Å². The molecular weight excluding hydrogens is 196 g/mol. The summed E-state index contributed by atoms with van der Waals surface area (Å²) in [6.45, 7) is 1.34. The number of nitrogens with two attached hydrogens (primary N) is 1. The number of carbonyl (C=O) groups excluding carboxylic acids is 1. The number of hydrogen-bond acceptors (Lipinski definition) is 3. The minimum Gasteiger partial charge on any atom is -0.481 e. The first-order valence-electron chi connectivity index (χ1n) is 5.34. The van der Waals surface area contributed by atoms with Gasteiger partial charge in [0.1, 0.15) is 0 Å². The first kappa shape index (κ1) is 10.4. The normalized spacial score (nSPS) is 30.2. The Hall–Kier alpha value is -1.10. The van der Waals surface area contributed by atoms with E-state index >= 15 is 0 Å². The first-order chi connectivity index (χ1) is 7.08. The van der Waals surface area contributed by atoms with Crippen LogP contribution >= 0.6 is 0 Å². The molecule has 15 heavy (non-hydrogen) atoms. The van der Waals surface area contributed by atoms with Crippen molar-refractivity contribution in [1.82, 2.24) is 4.90 Å². The zero-order valence-electron chi connectivity index (χ0n) is 8.56. The molecule has 1 amide bonds. The predicted molar refractivity (Wildman–Crippen MR) is 53.0 cm³/mol. The van der Waals surface area contributed by atoms with Crippen LogP contribution in [-0.2, 0) is 9.59 Å². The summed E-state index contributed by atoms with van der Waals surface area (Å²) in [4.78, 5) is 23.7. The molecule has 2 aliphatic rings. The van der Waals surface area contributed by atoms with E-state index < -0.39 is 5.97 Å². The Morgan fingerprint density at radius 1 is 1.67 bits per heavy atom. The largest absolute Gasteiger partial charge is 0.481 e. The van der Waals surface area contributed by atoms with E-state index in [1.54, 1.807) is 4.90 Å². The molecule has 0 bridgehead atoms. The zero-order chi connectivity index (χ0) is 11.0. The van der Waals surface area contributed by atoms with Gasteiger partial charge in [0.2, 0.25) is 5.91 Å². The number of likely N-dealkylation sites (tertiary alicyclic amines) is 1. The fraction of sp³-hybridized carbons (Fsp3) is 0.800. The van der Waals surface area contributed by atoms with Crippen molar-refractivity contribution in [2.45, 2.75) is 25.3 Å². The summed E-state index contributed by atoms with van der Waals surface area (Å²) in [5.41, 5.74) is 5.77. The topological polar surface area (TPSA) is 83.6 Å². The monoisotopic (exact) mass is 212 g/mol. The molecule has 0 radical (unpaired) electrons. The number of fused-ring (bicyclic) bond motifs is 1. The maximum atomic E-state index is 11.6. The van der Waals surface area contributed by atoms with Crippen LogP contribution in [0.15, 0.2) is 0 Å². The van der Waals surface area contributed by atoms with Crippen molar-refractivity contribution in [3.8, 4) is 0 Å². The fourth-order valence-electron chi connectivity index (χ4n) is 2.21. The number of hydrogen-bond donors (Lipinski definition) is 2. The number of carboxylic acids is 1. The van der Waals surface area contributed by atoms with E-state index in [0.717, 1.165) is 13.0 Å². The van der Waals surface area contributed by atoms with Gasteiger partial charge in [-0.2, -0.15) is 0 Å². The number of piperidine rings is 1. The van der Waals surface area contributed by atoms with E-state index in [1.165, 1.54) is 0 Å². The minimum absolute atomic E-state index is 0.0794. The highest BCUT2D eigenvalue weighted by Crippen LogP contribution is 2.45. The van der Waals surface area contributed by atoms with Crippen LogP contribution in [0.3, 0.4) is 0 Å². The Kier molecular flexibility index (Phi) is 2.65. The molecule has 3 N–H and O–H groups in total. The lowest BCUT2D eigenvalue weighted by Gasteiger charge is -2.22. The molecule has 2 rings (SSSR count). The van der Waals surface area contributed by atoms with Gasteiger partial charge in [0.15, 0.2) is 0 Å². The first-order valence-corrected chi connectivity index (χ1v) is 5.34. The van der Waals surface area contributed by atoms with Gasteiger partial charge in [-0.25, -0.2) is 0 Å². The molecule has 1 aliphatic carbocycles. The molecule has 5 heteroatoms. The fourth-order valence-corrected chi connectivity index (χ4v) is 2.21. The lowest BCUT2D eigenvalue weighted by Crippen LogP contribution is -2.40. The number of nitrogens with zero attached hydrogens (tertiary/aromatic N) is 1. The van der Waals surface area contributed by atoms with Gasteiger partial charge in [-0.1, -0.05) is 0 Å². The van der Waals surface area contributed by atoms with Gasteiger partial charge in [0.25, 0.3) is 0 Å². The van der Waals surface area contributed by atoms with Crippen molar-refractivity contribution in [3.05, 3.63) is 0 Å². The number of amides is 1. The number of rotatable bonds is 5. The minimum atomic E-state index is -0.832. The van der Waals surface area contributed by atoms with Gasteiger partial charge in [0.05, 0.1) is 0 Å². The van der Waals surface area contributed by atoms with E-state index in [0.29, 0.717) is 18.9 Å². The van der Waals surface area contributed by atoms with E-state index in [-0.39, 0.29) is 24.3 Å². The van der Waals surface area contributed by atoms with Crippen LogP contribution in [0.2, 0.25) is 0 Å². The molecule has 0 spiro atoms. The summed E-state index contributed by atoms with van der Waals surface area (Å²) in [5.74, 6) is 0.202. The lowest BCUT2D eigenvalue weighted by atomic mass is 10.1. The smallest absolute Gasteiger partial charge is 0.303 e. The van der Waals surface area contributed by atoms with E-state index in [2.05, 4.69) is 0 Å². The van der Waals surface area contributed by atoms with Crippen molar-refractivity contribution in [2.24, 2.45) is 17.6 Å². The summed E-state index contributed by atoms with van der Waals surface area (Å²) in [7, 11) is 0. The number of carboxylic acid groups (broad SMARTS) is 1. The average Bonchev–Trinajstić information content (AvgIpc) is 2.86. The van der Waals surface area contributed by atoms with Gasteiger partial charge in [-0.15, -0.1) is 0 Å². The third kappa shape index (κ3) is 2.28. The summed E-state index contributed by atoms with van der Waals surface area (Å²) in [6, 6.07) is -0.206. The average molecular weight is 212 g/mol. The predicted octanol–water partition coefficient (Wildman–Crippen LogP) is -0.343. The standard InChI is InChI=1S/C10H16N2O3/c11-7(1-2-9(13)14)5-12-4-6-3-8(6)10(12)15/h6-8H,1-5,11H2,(H,13,14). The molecule has 3 atom stereocenters. The Bertz CT molecular complexity index is 292. The summed E-state index contributed by atoms with van der Waals surface area (Å²) < 4.78 is 0. The molecule has 1 saturated heterocycles. The van der Waals surface area contributed by atoms with Crippen LogP contribution in [0, 0.1) is 11.8 Å². The van der Waals surface area contributed by atoms with Gasteiger partial charge < -0.3 is 15.7 Å². The second-order valence-electron chi connectivity index (χ2n) is 4.54. The maximum absolute atomic E-state index is 11.6. The molecule has 1 saturated carbocycles. The third-order valence-electron chi connectivity index (χ3n) is 3.19. The number of carbonyl (C=O) groups is 2. The molecule has 5 nitrogen and oxygen atoms in total. The van der Waals surface area contributed by atoms with Gasteiger partial charge in [-0.3, -0.25) is 9.59 Å². The Morgan fingerprint density at radius 3 is 2.93 bits per heavy atom. The summed E-state index contributed by atoms with van der Waals surface area (Å²) in [5, 5.41) is 8.49. The number of aliphatic carboxylic acids is 1. The van der Waals surface area contributed by atoms with Crippen LogP contribution in [0.1, 0.15) is 19.3 Å². The summed E-state index contributed by atoms with van der Waals surface area (Å²) in [6.07, 6.45) is 1.56. The molecule has 0 aromatic carbocycles. The molecule has 1 aliphatic heterocycles. The molecule has 2 fully saturated rings. The van der Waals surface area contributed by atoms with Crippen LogP contribution in [0.25, 0.3) is 0 Å². The SMILES string of the molecule is NC(CCC(=O)O)CN1CC2CC2C1=O. The Balaban J connectivity index is 1.72. The van der Waals surface area contributed by atoms with Crippen molar-refractivity contribution in [1.29, 1.82) is 0 Å². The van der Waals surface area contributed by atoms with Crippen LogP contribution in [-0.4, -0.2) is 41.0 Å². The summed E-state index contributed by atoms with van der Waals surface area (Å²) >= 11 is 0. The Labute approximate surface area is 88.2 Å². The molecular formula is C10H16N2O3. The van der Waals surface area contributed by atoms with Crippen molar-refractivity contribution < 1.29 is 14.7 Å². The lowest BCUT2D eigenvalue weighted by molar-refractivity contribution is -0.137. The molecule has 0 aromatic rings. The third-order valence-corrected chi connectivity index (χ3v) is 3.19. The second kappa shape index (κ2) is 3.81. The Morgan fingerprint density at radius 2 is 2.40 bits per heavy atom. The van der Waals surface area contributed by atoms with E-state index in [1.807, 2.05) is 0 Å². The van der Waals surface area contributed by atoms with Crippen molar-refractivity contribution in [3.63, 3.8) is 0 Å². The van der Waals surface area contributed by atoms with Gasteiger partial charge in [-0.05, 0) is 18.8 Å². The second-order valence-corrected chi connectivity index (χ2v) is 4.54. The molecule has 0 aromatic heterocycles. The highest BCUT2D eigenvalue weighted by atomic mass is 16.4. The molecule has 84 valence electrons. The van der Waals surface area contributed by atoms with Crippen molar-refractivity contribution >= 4 is 11.9 Å². The van der Waals surface area contributed by atoms with Crippen molar-refractivity contribution in [2.75, 3.05) is 13.1 Å². The van der Waals surface area contributed by atoms with E-state index in [4.69, 9.17) is 10.8 Å². The van der Waals surface area contributed by atoms with Gasteiger partial charge in [0, 0.05) is 31.5 Å². The highest BCUT2D eigenvalue weighted by Gasteiger charge is 2.51. The van der Waals surface area contributed by atoms with Crippen LogP contribution in [0.4, 0.5) is 0 Å². The van der Waals surface area contributed by atoms with Gasteiger partial charge >= 0.3 is 5.97 Å². The quantitative estimate of drug-likeness (QED) is 0.653. The van der Waals surface area contributed by atoms with Crippen LogP contribution in [0.5, 0.6) is 0 Å². The zero-order valence-corrected chi connectivity index (χ0v) is 8.56. The highest BCUT2D eigenvalue weighted by molar-refractivity contribution is 5.84. The van der Waals surface area contributed by atoms with E-state index in [9.17, 15) is 9.59 Å².